The first-order valence-electron chi connectivity index (χ1n) is 11.3. The number of benzene rings is 2. The number of anilines is 1. The van der Waals surface area contributed by atoms with Crippen molar-refractivity contribution < 1.29 is 9.50 Å². The van der Waals surface area contributed by atoms with Crippen molar-refractivity contribution in [2.24, 2.45) is 12.8 Å². The number of aromatic nitrogens is 3. The molecular formula is C26H25ClFN5O2. The first-order valence-corrected chi connectivity index (χ1v) is 11.7. The molecule has 5 rings (SSSR count). The molecule has 3 N–H and O–H groups in total. The highest BCUT2D eigenvalue weighted by atomic mass is 35.5. The van der Waals surface area contributed by atoms with Gasteiger partial charge in [-0.25, -0.2) is 14.2 Å². The van der Waals surface area contributed by atoms with Gasteiger partial charge in [-0.1, -0.05) is 17.7 Å². The molecule has 3 heterocycles. The lowest BCUT2D eigenvalue weighted by Gasteiger charge is -2.19. The van der Waals surface area contributed by atoms with Gasteiger partial charge in [0.05, 0.1) is 10.7 Å². The predicted octanol–water partition coefficient (Wildman–Crippen LogP) is 4.25. The van der Waals surface area contributed by atoms with Crippen LogP contribution >= 0.6 is 11.6 Å². The third kappa shape index (κ3) is 4.31. The van der Waals surface area contributed by atoms with E-state index in [0.29, 0.717) is 39.5 Å². The molecule has 0 aliphatic carbocycles. The SMILES string of the molecule is Cc1cc(-c2cc(F)cc(-c3ccc(-n4ccn(C)c4=O)c(Cl)c3)c2O)cc(N2CC[C@H](N)C2)n1. The molecule has 0 spiro atoms. The quantitative estimate of drug-likeness (QED) is 0.443. The van der Waals surface area contributed by atoms with Gasteiger partial charge in [0.1, 0.15) is 17.4 Å². The van der Waals surface area contributed by atoms with Crippen LogP contribution in [0.2, 0.25) is 5.02 Å². The number of nitrogens with two attached hydrogens (primary N) is 1. The molecule has 2 aromatic heterocycles. The molecule has 1 atom stereocenters. The van der Waals surface area contributed by atoms with E-state index >= 15 is 0 Å². The van der Waals surface area contributed by atoms with Gasteiger partial charge in [0.25, 0.3) is 0 Å². The second kappa shape index (κ2) is 8.87. The van der Waals surface area contributed by atoms with E-state index in [4.69, 9.17) is 17.3 Å². The normalized spacial score (nSPS) is 15.7. The third-order valence-corrected chi connectivity index (χ3v) is 6.64. The fourth-order valence-electron chi connectivity index (χ4n) is 4.52. The summed E-state index contributed by atoms with van der Waals surface area (Å²) >= 11 is 6.50. The van der Waals surface area contributed by atoms with Crippen molar-refractivity contribution in [2.75, 3.05) is 18.0 Å². The molecule has 1 fully saturated rings. The Balaban J connectivity index is 1.58. The van der Waals surface area contributed by atoms with Crippen LogP contribution in [-0.4, -0.2) is 38.4 Å². The van der Waals surface area contributed by atoms with Crippen molar-refractivity contribution in [1.82, 2.24) is 14.1 Å². The number of phenolic OH excluding ortho intramolecular Hbond substituents is 1. The Labute approximate surface area is 206 Å². The van der Waals surface area contributed by atoms with Crippen LogP contribution in [0.15, 0.2) is 59.7 Å². The van der Waals surface area contributed by atoms with Crippen LogP contribution in [0.5, 0.6) is 5.75 Å². The predicted molar refractivity (Wildman–Crippen MR) is 136 cm³/mol. The summed E-state index contributed by atoms with van der Waals surface area (Å²) in [4.78, 5) is 19.0. The van der Waals surface area contributed by atoms with Crippen molar-refractivity contribution in [3.05, 3.63) is 81.9 Å². The zero-order chi connectivity index (χ0) is 24.9. The Morgan fingerprint density at radius 2 is 1.86 bits per heavy atom. The Morgan fingerprint density at radius 3 is 2.49 bits per heavy atom. The number of aromatic hydroxyl groups is 1. The first kappa shape index (κ1) is 23.1. The number of aryl methyl sites for hydroxylation is 2. The summed E-state index contributed by atoms with van der Waals surface area (Å²) in [6, 6.07) is 11.3. The van der Waals surface area contributed by atoms with E-state index in [0.717, 1.165) is 24.5 Å². The zero-order valence-corrected chi connectivity index (χ0v) is 20.1. The van der Waals surface area contributed by atoms with Gasteiger partial charge in [0, 0.05) is 55.4 Å². The van der Waals surface area contributed by atoms with Crippen LogP contribution in [-0.2, 0) is 7.05 Å². The standard InChI is InChI=1S/C26H25ClFN5O2/c1-15-9-17(11-24(30-15)32-6-5-19(29)14-32)21-13-18(28)12-20(25(21)34)16-3-4-23(22(27)10-16)33-8-7-31(2)26(33)35/h3-4,7-13,19,34H,5-6,14,29H2,1-2H3/t19-/m0/s1. The van der Waals surface area contributed by atoms with Crippen LogP contribution in [0.1, 0.15) is 12.1 Å². The van der Waals surface area contributed by atoms with E-state index in [1.165, 1.54) is 21.3 Å². The minimum absolute atomic E-state index is 0.0678. The summed E-state index contributed by atoms with van der Waals surface area (Å²) in [7, 11) is 1.65. The fourth-order valence-corrected chi connectivity index (χ4v) is 4.79. The van der Waals surface area contributed by atoms with Crippen molar-refractivity contribution in [3.8, 4) is 33.7 Å². The van der Waals surface area contributed by atoms with Gasteiger partial charge < -0.3 is 20.3 Å². The summed E-state index contributed by atoms with van der Waals surface area (Å²) in [5.74, 6) is 0.187. The highest BCUT2D eigenvalue weighted by Gasteiger charge is 2.22. The number of pyridine rings is 1. The second-order valence-corrected chi connectivity index (χ2v) is 9.33. The molecule has 0 unspecified atom stereocenters. The Morgan fingerprint density at radius 1 is 1.11 bits per heavy atom. The lowest BCUT2D eigenvalue weighted by molar-refractivity contribution is 0.477. The maximum absolute atomic E-state index is 14.8. The molecule has 1 aliphatic rings. The van der Waals surface area contributed by atoms with Gasteiger partial charge in [-0.15, -0.1) is 0 Å². The number of imidazole rings is 1. The third-order valence-electron chi connectivity index (χ3n) is 6.34. The van der Waals surface area contributed by atoms with Crippen molar-refractivity contribution >= 4 is 17.4 Å². The van der Waals surface area contributed by atoms with Crippen LogP contribution in [0.3, 0.4) is 0 Å². The number of halogens is 2. The highest BCUT2D eigenvalue weighted by molar-refractivity contribution is 6.32. The molecule has 7 nitrogen and oxygen atoms in total. The van der Waals surface area contributed by atoms with E-state index in [2.05, 4.69) is 9.88 Å². The Hall–Kier alpha value is -3.62. The van der Waals surface area contributed by atoms with Crippen LogP contribution < -0.4 is 16.3 Å². The van der Waals surface area contributed by atoms with Crippen LogP contribution in [0.4, 0.5) is 10.2 Å². The molecule has 1 aliphatic heterocycles. The topological polar surface area (TPSA) is 89.3 Å². The Kier molecular flexibility index (Phi) is 5.86. The molecule has 9 heteroatoms. The molecule has 0 saturated carbocycles. The number of phenols is 1. The Bertz CT molecular complexity index is 1500. The number of hydrogen-bond donors (Lipinski definition) is 2. The number of rotatable bonds is 4. The van der Waals surface area contributed by atoms with Crippen molar-refractivity contribution in [2.45, 2.75) is 19.4 Å². The maximum Gasteiger partial charge on any atom is 0.332 e. The largest absolute Gasteiger partial charge is 0.507 e. The smallest absolute Gasteiger partial charge is 0.332 e. The minimum Gasteiger partial charge on any atom is -0.507 e. The van der Waals surface area contributed by atoms with Crippen LogP contribution in [0, 0.1) is 12.7 Å². The van der Waals surface area contributed by atoms with Gasteiger partial charge in [0.15, 0.2) is 0 Å². The first-order chi connectivity index (χ1) is 16.7. The molecule has 1 saturated heterocycles. The summed E-state index contributed by atoms with van der Waals surface area (Å²) < 4.78 is 17.7. The summed E-state index contributed by atoms with van der Waals surface area (Å²) in [6.07, 6.45) is 4.14. The summed E-state index contributed by atoms with van der Waals surface area (Å²) in [6.45, 7) is 3.36. The van der Waals surface area contributed by atoms with E-state index in [-0.39, 0.29) is 17.5 Å². The van der Waals surface area contributed by atoms with E-state index in [9.17, 15) is 14.3 Å². The van der Waals surface area contributed by atoms with E-state index in [1.807, 2.05) is 19.1 Å². The van der Waals surface area contributed by atoms with E-state index < -0.39 is 5.82 Å². The second-order valence-electron chi connectivity index (χ2n) is 8.93. The number of hydrogen-bond acceptors (Lipinski definition) is 5. The molecule has 180 valence electrons. The van der Waals surface area contributed by atoms with Crippen molar-refractivity contribution in [3.63, 3.8) is 0 Å². The molecule has 0 radical (unpaired) electrons. The zero-order valence-electron chi connectivity index (χ0n) is 19.4. The summed E-state index contributed by atoms with van der Waals surface area (Å²) in [5.41, 5.74) is 8.91. The lowest BCUT2D eigenvalue weighted by atomic mass is 9.96. The monoisotopic (exact) mass is 493 g/mol. The van der Waals surface area contributed by atoms with Crippen LogP contribution in [0.25, 0.3) is 27.9 Å². The van der Waals surface area contributed by atoms with Crippen molar-refractivity contribution in [1.29, 1.82) is 0 Å². The van der Waals surface area contributed by atoms with Gasteiger partial charge in [-0.05, 0) is 60.9 Å². The molecule has 0 amide bonds. The number of nitrogens with zero attached hydrogens (tertiary/aromatic N) is 4. The maximum atomic E-state index is 14.8. The van der Waals surface area contributed by atoms with Gasteiger partial charge >= 0.3 is 5.69 Å². The van der Waals surface area contributed by atoms with Gasteiger partial charge in [-0.3, -0.25) is 4.57 Å². The average Bonchev–Trinajstić information content (AvgIpc) is 3.40. The minimum atomic E-state index is -0.494. The highest BCUT2D eigenvalue weighted by Crippen LogP contribution is 2.41. The molecule has 4 aromatic rings. The van der Waals surface area contributed by atoms with Gasteiger partial charge in [-0.2, -0.15) is 0 Å². The summed E-state index contributed by atoms with van der Waals surface area (Å²) in [5, 5.41) is 11.5. The lowest BCUT2D eigenvalue weighted by Crippen LogP contribution is -2.27. The molecule has 35 heavy (non-hydrogen) atoms. The fraction of sp³-hybridized carbons (Fsp3) is 0.231. The molecule has 2 aromatic carbocycles. The van der Waals surface area contributed by atoms with Gasteiger partial charge in [0.2, 0.25) is 0 Å². The molecule has 0 bridgehead atoms. The molecular weight excluding hydrogens is 469 g/mol. The van der Waals surface area contributed by atoms with E-state index in [1.54, 1.807) is 37.6 Å². The average molecular weight is 494 g/mol.